The lowest BCUT2D eigenvalue weighted by Gasteiger charge is -2.04. The molecule has 1 aromatic carbocycles. The van der Waals surface area contributed by atoms with Gasteiger partial charge in [0.2, 0.25) is 0 Å². The lowest BCUT2D eigenvalue weighted by Crippen LogP contribution is -2.08. The lowest BCUT2D eigenvalue weighted by molar-refractivity contribution is -0.142. The number of nitrogens with zero attached hydrogens (tertiary/aromatic N) is 1. The van der Waals surface area contributed by atoms with Gasteiger partial charge >= 0.3 is 5.97 Å². The molecule has 0 saturated heterocycles. The van der Waals surface area contributed by atoms with E-state index >= 15 is 0 Å². The molecule has 0 aliphatic carbocycles. The van der Waals surface area contributed by atoms with E-state index in [0.717, 1.165) is 4.47 Å². The second-order valence-corrected chi connectivity index (χ2v) is 3.81. The summed E-state index contributed by atoms with van der Waals surface area (Å²) in [5, 5.41) is 8.83. The van der Waals surface area contributed by atoms with Crippen molar-refractivity contribution in [2.45, 2.75) is 13.3 Å². The van der Waals surface area contributed by atoms with E-state index in [9.17, 15) is 4.79 Å². The van der Waals surface area contributed by atoms with E-state index < -0.39 is 0 Å². The van der Waals surface area contributed by atoms with Gasteiger partial charge in [-0.15, -0.1) is 0 Å². The number of ether oxygens (including phenoxy) is 1. The summed E-state index contributed by atoms with van der Waals surface area (Å²) in [6, 6.07) is 7.25. The fourth-order valence-corrected chi connectivity index (χ4v) is 1.59. The third-order valence-electron chi connectivity index (χ3n) is 1.83. The van der Waals surface area contributed by atoms with Crippen molar-refractivity contribution >= 4 is 21.9 Å². The van der Waals surface area contributed by atoms with E-state index in [1.807, 2.05) is 6.07 Å². The number of benzene rings is 1. The number of hydrogen-bond donors (Lipinski definition) is 0. The maximum absolute atomic E-state index is 11.2. The average Bonchev–Trinajstić information content (AvgIpc) is 2.18. The Morgan fingerprint density at radius 2 is 2.33 bits per heavy atom. The molecule has 0 fully saturated rings. The molecule has 0 aromatic heterocycles. The van der Waals surface area contributed by atoms with Crippen molar-refractivity contribution in [3.63, 3.8) is 0 Å². The minimum Gasteiger partial charge on any atom is -0.466 e. The van der Waals surface area contributed by atoms with Crippen molar-refractivity contribution < 1.29 is 9.53 Å². The van der Waals surface area contributed by atoms with Crippen LogP contribution in [0.15, 0.2) is 22.7 Å². The molecule has 0 aliphatic heterocycles. The van der Waals surface area contributed by atoms with Gasteiger partial charge in [0.1, 0.15) is 0 Å². The largest absolute Gasteiger partial charge is 0.466 e. The molecule has 0 aliphatic rings. The van der Waals surface area contributed by atoms with Gasteiger partial charge in [0, 0.05) is 4.47 Å². The monoisotopic (exact) mass is 267 g/mol. The average molecular weight is 268 g/mol. The molecule has 0 spiro atoms. The van der Waals surface area contributed by atoms with Crippen LogP contribution in [0.5, 0.6) is 0 Å². The Hall–Kier alpha value is -1.34. The van der Waals surface area contributed by atoms with Crippen molar-refractivity contribution in [3.8, 4) is 6.07 Å². The Balaban J connectivity index is 2.88. The third-order valence-corrected chi connectivity index (χ3v) is 2.32. The fourth-order valence-electron chi connectivity index (χ4n) is 1.19. The summed E-state index contributed by atoms with van der Waals surface area (Å²) in [5.74, 6) is -0.313. The normalized spacial score (nSPS) is 9.40. The topological polar surface area (TPSA) is 50.1 Å². The van der Waals surface area contributed by atoms with Gasteiger partial charge in [-0.3, -0.25) is 4.79 Å². The number of halogens is 1. The van der Waals surface area contributed by atoms with Crippen LogP contribution in [0.25, 0.3) is 0 Å². The number of carbonyl (C=O) groups is 1. The molecule has 0 bridgehead atoms. The number of hydrogen-bond acceptors (Lipinski definition) is 3. The van der Waals surface area contributed by atoms with E-state index in [4.69, 9.17) is 10.00 Å². The van der Waals surface area contributed by atoms with Crippen LogP contribution < -0.4 is 0 Å². The van der Waals surface area contributed by atoms with Crippen LogP contribution in [0.1, 0.15) is 18.1 Å². The molecular formula is C11H10BrNO2. The molecule has 0 atom stereocenters. The molecule has 0 radical (unpaired) electrons. The highest BCUT2D eigenvalue weighted by Gasteiger charge is 2.08. The highest BCUT2D eigenvalue weighted by atomic mass is 79.9. The minimum absolute atomic E-state index is 0.135. The van der Waals surface area contributed by atoms with Gasteiger partial charge in [-0.25, -0.2) is 0 Å². The molecule has 4 heteroatoms. The van der Waals surface area contributed by atoms with Gasteiger partial charge in [-0.1, -0.05) is 15.9 Å². The first kappa shape index (κ1) is 11.7. The number of nitriles is 1. The van der Waals surface area contributed by atoms with Crippen LogP contribution in [-0.2, 0) is 16.0 Å². The second-order valence-electron chi connectivity index (χ2n) is 2.90. The van der Waals surface area contributed by atoms with Crippen LogP contribution >= 0.6 is 15.9 Å². The summed E-state index contributed by atoms with van der Waals surface area (Å²) >= 11 is 3.29. The Labute approximate surface area is 96.8 Å². The molecule has 0 saturated carbocycles. The van der Waals surface area contributed by atoms with Gasteiger partial charge in [0.15, 0.2) is 0 Å². The molecule has 0 amide bonds. The quantitative estimate of drug-likeness (QED) is 0.791. The Bertz CT molecular complexity index is 410. The Morgan fingerprint density at radius 3 is 2.93 bits per heavy atom. The van der Waals surface area contributed by atoms with Gasteiger partial charge in [-0.05, 0) is 30.7 Å². The summed E-state index contributed by atoms with van der Waals surface area (Å²) < 4.78 is 5.67. The Kier molecular flexibility index (Phi) is 4.32. The maximum Gasteiger partial charge on any atom is 0.310 e. The minimum atomic E-state index is -0.313. The van der Waals surface area contributed by atoms with Gasteiger partial charge < -0.3 is 4.74 Å². The lowest BCUT2D eigenvalue weighted by atomic mass is 10.1. The van der Waals surface area contributed by atoms with Gasteiger partial charge in [0.25, 0.3) is 0 Å². The number of carbonyl (C=O) groups excluding carboxylic acids is 1. The summed E-state index contributed by atoms with van der Waals surface area (Å²) in [6.07, 6.45) is 0.135. The second kappa shape index (κ2) is 5.52. The number of rotatable bonds is 3. The standard InChI is InChI=1S/C11H10BrNO2/c1-2-15-11(14)6-9-5-10(12)4-3-8(9)7-13/h3-5H,2,6H2,1H3. The van der Waals surface area contributed by atoms with E-state index in [1.54, 1.807) is 25.1 Å². The van der Waals surface area contributed by atoms with E-state index in [2.05, 4.69) is 15.9 Å². The number of esters is 1. The molecule has 0 N–H and O–H groups in total. The van der Waals surface area contributed by atoms with Crippen LogP contribution in [0.2, 0.25) is 0 Å². The molecule has 1 rings (SSSR count). The summed E-state index contributed by atoms with van der Waals surface area (Å²) in [5.41, 5.74) is 1.19. The summed E-state index contributed by atoms with van der Waals surface area (Å²) in [4.78, 5) is 11.2. The molecular weight excluding hydrogens is 258 g/mol. The van der Waals surface area contributed by atoms with Crippen LogP contribution in [0.4, 0.5) is 0 Å². The van der Waals surface area contributed by atoms with Crippen molar-refractivity contribution in [1.29, 1.82) is 5.26 Å². The zero-order chi connectivity index (χ0) is 11.3. The van der Waals surface area contributed by atoms with Crippen LogP contribution in [0, 0.1) is 11.3 Å². The van der Waals surface area contributed by atoms with Crippen molar-refractivity contribution in [1.82, 2.24) is 0 Å². The van der Waals surface area contributed by atoms with Crippen molar-refractivity contribution in [2.24, 2.45) is 0 Å². The maximum atomic E-state index is 11.2. The molecule has 3 nitrogen and oxygen atoms in total. The van der Waals surface area contributed by atoms with Crippen molar-refractivity contribution in [2.75, 3.05) is 6.61 Å². The molecule has 0 heterocycles. The first-order chi connectivity index (χ1) is 7.17. The fraction of sp³-hybridized carbons (Fsp3) is 0.273. The summed E-state index contributed by atoms with van der Waals surface area (Å²) in [6.45, 7) is 2.11. The smallest absolute Gasteiger partial charge is 0.310 e. The summed E-state index contributed by atoms with van der Waals surface area (Å²) in [7, 11) is 0. The highest BCUT2D eigenvalue weighted by Crippen LogP contribution is 2.16. The predicted octanol–water partition coefficient (Wildman–Crippen LogP) is 2.43. The van der Waals surface area contributed by atoms with E-state index in [-0.39, 0.29) is 12.4 Å². The molecule has 1 aromatic rings. The Morgan fingerprint density at radius 1 is 1.60 bits per heavy atom. The zero-order valence-corrected chi connectivity index (χ0v) is 9.87. The predicted molar refractivity (Wildman–Crippen MR) is 59.2 cm³/mol. The first-order valence-corrected chi connectivity index (χ1v) is 5.30. The van der Waals surface area contributed by atoms with E-state index in [1.165, 1.54) is 0 Å². The van der Waals surface area contributed by atoms with E-state index in [0.29, 0.717) is 17.7 Å². The third kappa shape index (κ3) is 3.37. The van der Waals surface area contributed by atoms with Gasteiger partial charge in [0.05, 0.1) is 24.7 Å². The van der Waals surface area contributed by atoms with Crippen molar-refractivity contribution in [3.05, 3.63) is 33.8 Å². The zero-order valence-electron chi connectivity index (χ0n) is 8.29. The van der Waals surface area contributed by atoms with Crippen LogP contribution in [0.3, 0.4) is 0 Å². The molecule has 78 valence electrons. The molecule has 15 heavy (non-hydrogen) atoms. The first-order valence-electron chi connectivity index (χ1n) is 4.51. The SMILES string of the molecule is CCOC(=O)Cc1cc(Br)ccc1C#N. The highest BCUT2D eigenvalue weighted by molar-refractivity contribution is 9.10. The van der Waals surface area contributed by atoms with Crippen LogP contribution in [-0.4, -0.2) is 12.6 Å². The molecule has 0 unspecified atom stereocenters. The van der Waals surface area contributed by atoms with Gasteiger partial charge in [-0.2, -0.15) is 5.26 Å².